The molecule has 0 heterocycles. The number of hydrogen-bond donors (Lipinski definition) is 1. The fraction of sp³-hybridized carbons (Fsp3) is 0.333. The van der Waals surface area contributed by atoms with E-state index in [1.165, 1.54) is 6.08 Å². The molecule has 0 radical (unpaired) electrons. The zero-order chi connectivity index (χ0) is 4.99. The minimum absolute atomic E-state index is 0. The first-order valence-corrected chi connectivity index (χ1v) is 3.16. The van der Waals surface area contributed by atoms with Crippen molar-refractivity contribution >= 4 is 25.4 Å². The lowest BCUT2D eigenvalue weighted by Crippen LogP contribution is -1.61. The highest BCUT2D eigenvalue weighted by Gasteiger charge is 1.79. The fourth-order valence-electron chi connectivity index (χ4n) is 0.123. The van der Waals surface area contributed by atoms with Gasteiger partial charge in [-0.2, -0.15) is 0 Å². The molecular weight excluding hydrogens is 126 g/mol. The molecule has 0 rings (SSSR count). The van der Waals surface area contributed by atoms with Crippen LogP contribution in [0.3, 0.4) is 0 Å². The van der Waals surface area contributed by atoms with E-state index >= 15 is 0 Å². The highest BCUT2D eigenvalue weighted by atomic mass is 31.1. The van der Waals surface area contributed by atoms with E-state index in [1.807, 2.05) is 0 Å². The van der Waals surface area contributed by atoms with Crippen LogP contribution in [-0.4, -0.2) is 28.4 Å². The van der Waals surface area contributed by atoms with E-state index in [0.29, 0.717) is 0 Å². The lowest BCUT2D eigenvalue weighted by molar-refractivity contribution is 0.506. The van der Waals surface area contributed by atoms with Gasteiger partial charge in [0.15, 0.2) is 25.4 Å². The Bertz CT molecular complexity index is 73.3. The normalized spacial score (nSPS) is 11.6. The standard InChI is InChI=1S/C3H7O2P.Al.3H/c1-2-3-6(4)5;;;;/h2,6H,1,3H2,(H,4,5);;;;. The predicted molar refractivity (Wildman–Crippen MR) is 36.2 cm³/mol. The first kappa shape index (κ1) is 10.4. The molecule has 0 aliphatic rings. The molecule has 0 aromatic heterocycles. The van der Waals surface area contributed by atoms with Crippen molar-refractivity contribution in [2.45, 2.75) is 0 Å². The van der Waals surface area contributed by atoms with Crippen molar-refractivity contribution in [2.75, 3.05) is 6.16 Å². The topological polar surface area (TPSA) is 37.3 Å². The Hall–Kier alpha value is 0.462. The Balaban J connectivity index is 0. The van der Waals surface area contributed by atoms with Crippen LogP contribution in [0.15, 0.2) is 12.7 Å². The molecule has 1 atom stereocenters. The molecule has 1 N–H and O–H groups in total. The third-order valence-electron chi connectivity index (χ3n) is 0.319. The molecule has 0 bridgehead atoms. The van der Waals surface area contributed by atoms with Gasteiger partial charge in [0.25, 0.3) is 0 Å². The van der Waals surface area contributed by atoms with Crippen LogP contribution in [0.5, 0.6) is 0 Å². The van der Waals surface area contributed by atoms with Gasteiger partial charge in [-0.25, -0.2) is 0 Å². The van der Waals surface area contributed by atoms with Crippen molar-refractivity contribution in [2.24, 2.45) is 0 Å². The van der Waals surface area contributed by atoms with Crippen LogP contribution in [0.2, 0.25) is 0 Å². The molecule has 0 aromatic carbocycles. The largest absolute Gasteiger partial charge is 0.346 e. The second-order valence-electron chi connectivity index (χ2n) is 0.887. The second kappa shape index (κ2) is 6.46. The summed E-state index contributed by atoms with van der Waals surface area (Å²) >= 11 is 0. The Morgan fingerprint density at radius 2 is 2.29 bits per heavy atom. The average molecular weight is 136 g/mol. The van der Waals surface area contributed by atoms with Crippen LogP contribution in [0.25, 0.3) is 0 Å². The number of hydrogen-bond acceptors (Lipinski definition) is 1. The highest BCUT2D eigenvalue weighted by Crippen LogP contribution is 2.10. The maximum atomic E-state index is 9.71. The second-order valence-corrected chi connectivity index (χ2v) is 2.08. The molecule has 0 aliphatic heterocycles. The van der Waals surface area contributed by atoms with Crippen molar-refractivity contribution in [3.63, 3.8) is 0 Å². The molecule has 0 aliphatic carbocycles. The summed E-state index contributed by atoms with van der Waals surface area (Å²) in [5.41, 5.74) is 0. The molecule has 0 amide bonds. The van der Waals surface area contributed by atoms with Crippen LogP contribution < -0.4 is 0 Å². The lowest BCUT2D eigenvalue weighted by Gasteiger charge is -1.77. The van der Waals surface area contributed by atoms with Crippen molar-refractivity contribution in [1.29, 1.82) is 0 Å². The highest BCUT2D eigenvalue weighted by molar-refractivity contribution is 7.38. The minimum atomic E-state index is -2.25. The SMILES string of the molecule is C=CC[PH](=O)O.[AlH3]. The van der Waals surface area contributed by atoms with Crippen LogP contribution in [-0.2, 0) is 4.57 Å². The molecule has 7 heavy (non-hydrogen) atoms. The molecule has 0 spiro atoms. The monoisotopic (exact) mass is 136 g/mol. The van der Waals surface area contributed by atoms with E-state index in [1.54, 1.807) is 0 Å². The van der Waals surface area contributed by atoms with E-state index in [4.69, 9.17) is 4.89 Å². The zero-order valence-electron chi connectivity index (χ0n) is 3.35. The summed E-state index contributed by atoms with van der Waals surface area (Å²) in [5, 5.41) is 0. The first-order chi connectivity index (χ1) is 2.77. The van der Waals surface area contributed by atoms with E-state index in [9.17, 15) is 4.57 Å². The van der Waals surface area contributed by atoms with Gasteiger partial charge in [0.2, 0.25) is 0 Å². The van der Waals surface area contributed by atoms with Crippen LogP contribution >= 0.6 is 8.03 Å². The summed E-state index contributed by atoms with van der Waals surface area (Å²) in [6.07, 6.45) is 1.67. The Morgan fingerprint density at radius 1 is 1.86 bits per heavy atom. The molecule has 0 fully saturated rings. The Labute approximate surface area is 54.2 Å². The summed E-state index contributed by atoms with van der Waals surface area (Å²) in [6.45, 7) is 3.27. The van der Waals surface area contributed by atoms with Crippen LogP contribution in [0, 0.1) is 0 Å². The molecule has 42 valence electrons. The van der Waals surface area contributed by atoms with E-state index in [-0.39, 0.29) is 23.5 Å². The van der Waals surface area contributed by atoms with Gasteiger partial charge < -0.3 is 4.89 Å². The van der Waals surface area contributed by atoms with Crippen molar-refractivity contribution in [1.82, 2.24) is 0 Å². The zero-order valence-corrected chi connectivity index (χ0v) is 4.35. The maximum absolute atomic E-state index is 9.71. The van der Waals surface area contributed by atoms with E-state index < -0.39 is 8.03 Å². The van der Waals surface area contributed by atoms with Crippen LogP contribution in [0.4, 0.5) is 0 Å². The molecule has 1 unspecified atom stereocenters. The lowest BCUT2D eigenvalue weighted by atomic mass is 10.8. The Morgan fingerprint density at radius 3 is 2.29 bits per heavy atom. The number of allylic oxidation sites excluding steroid dienone is 1. The quantitative estimate of drug-likeness (QED) is 0.314. The van der Waals surface area contributed by atoms with Gasteiger partial charge >= 0.3 is 0 Å². The summed E-state index contributed by atoms with van der Waals surface area (Å²) in [5.74, 6) is 0. The van der Waals surface area contributed by atoms with Crippen LogP contribution in [0.1, 0.15) is 0 Å². The van der Waals surface area contributed by atoms with E-state index in [0.717, 1.165) is 0 Å². The fourth-order valence-corrected chi connectivity index (χ4v) is 0.370. The smallest absolute Gasteiger partial charge is 0.192 e. The predicted octanol–water partition coefficient (Wildman–Crippen LogP) is -0.544. The summed E-state index contributed by atoms with van der Waals surface area (Å²) in [4.78, 5) is 8.03. The molecular formula is C3H10AlO2P. The van der Waals surface area contributed by atoms with Gasteiger partial charge in [-0.05, 0) is 0 Å². The summed E-state index contributed by atoms with van der Waals surface area (Å²) in [7, 11) is -2.25. The van der Waals surface area contributed by atoms with Gasteiger partial charge in [-0.3, -0.25) is 4.57 Å². The van der Waals surface area contributed by atoms with Gasteiger partial charge in [-0.15, -0.1) is 6.58 Å². The molecule has 2 nitrogen and oxygen atoms in total. The third kappa shape index (κ3) is 10.7. The molecule has 0 saturated heterocycles. The molecule has 4 heteroatoms. The van der Waals surface area contributed by atoms with Crippen molar-refractivity contribution in [3.8, 4) is 0 Å². The summed E-state index contributed by atoms with van der Waals surface area (Å²) < 4.78 is 9.71. The number of rotatable bonds is 2. The minimum Gasteiger partial charge on any atom is -0.346 e. The summed E-state index contributed by atoms with van der Waals surface area (Å²) in [6, 6.07) is 0. The third-order valence-corrected chi connectivity index (χ3v) is 0.957. The van der Waals surface area contributed by atoms with Gasteiger partial charge in [0.1, 0.15) is 0 Å². The van der Waals surface area contributed by atoms with E-state index in [2.05, 4.69) is 6.58 Å². The van der Waals surface area contributed by atoms with Gasteiger partial charge in [-0.1, -0.05) is 6.08 Å². The average Bonchev–Trinajstić information content (AvgIpc) is 1.35. The molecule has 0 saturated carbocycles. The van der Waals surface area contributed by atoms with Crippen molar-refractivity contribution < 1.29 is 9.46 Å². The molecule has 0 aromatic rings. The van der Waals surface area contributed by atoms with Gasteiger partial charge in [0.05, 0.1) is 0 Å². The Kier molecular flexibility index (Phi) is 9.64. The van der Waals surface area contributed by atoms with Crippen molar-refractivity contribution in [3.05, 3.63) is 12.7 Å². The van der Waals surface area contributed by atoms with Gasteiger partial charge in [0, 0.05) is 6.16 Å². The maximum Gasteiger partial charge on any atom is 0.192 e. The first-order valence-electron chi connectivity index (χ1n) is 1.60.